The Kier molecular flexibility index (Phi) is 4.93. The van der Waals surface area contributed by atoms with Crippen molar-refractivity contribution in [3.05, 3.63) is 22.5 Å². The van der Waals surface area contributed by atoms with Crippen LogP contribution in [0, 0.1) is 0 Å². The van der Waals surface area contributed by atoms with Crippen molar-refractivity contribution in [2.75, 3.05) is 11.9 Å². The van der Waals surface area contributed by atoms with Gasteiger partial charge in [-0.1, -0.05) is 0 Å². The fourth-order valence-electron chi connectivity index (χ4n) is 1.82. The minimum absolute atomic E-state index is 0.125. The number of nitrogens with one attached hydrogen (secondary N) is 1. The van der Waals surface area contributed by atoms with Gasteiger partial charge in [0, 0.05) is 10.7 Å². The highest BCUT2D eigenvalue weighted by molar-refractivity contribution is 9.10. The number of carbonyl (C=O) groups excluding carboxylic acids is 2. The number of furan rings is 1. The first-order chi connectivity index (χ1) is 10.7. The number of anilines is 1. The van der Waals surface area contributed by atoms with Gasteiger partial charge in [0.25, 0.3) is 0 Å². The summed E-state index contributed by atoms with van der Waals surface area (Å²) in [6.07, 6.45) is 0.822. The number of nitrogens with zero attached hydrogens (tertiary/aromatic N) is 1. The van der Waals surface area contributed by atoms with Gasteiger partial charge in [-0.2, -0.15) is 0 Å². The van der Waals surface area contributed by atoms with Gasteiger partial charge in [-0.15, -0.1) is 0 Å². The maximum absolute atomic E-state index is 12.0. The lowest BCUT2D eigenvalue weighted by Gasteiger charge is -2.19. The normalized spacial score (nSPS) is 11.3. The molecule has 0 aromatic carbocycles. The zero-order chi connectivity index (χ0) is 17.2. The van der Waals surface area contributed by atoms with Crippen molar-refractivity contribution < 1.29 is 23.5 Å². The predicted molar refractivity (Wildman–Crippen MR) is 87.5 cm³/mol. The number of amides is 1. The van der Waals surface area contributed by atoms with E-state index in [0.29, 0.717) is 15.6 Å². The molecule has 2 aromatic rings. The molecule has 0 fully saturated rings. The van der Waals surface area contributed by atoms with Gasteiger partial charge in [0.05, 0.1) is 6.61 Å². The molecule has 0 saturated heterocycles. The molecule has 0 aliphatic rings. The molecule has 0 atom stereocenters. The highest BCUT2D eigenvalue weighted by atomic mass is 79.9. The molecule has 0 aliphatic carbocycles. The van der Waals surface area contributed by atoms with Gasteiger partial charge in [-0.05, 0) is 49.7 Å². The monoisotopic (exact) mass is 384 g/mol. The van der Waals surface area contributed by atoms with Gasteiger partial charge < -0.3 is 13.9 Å². The third-order valence-electron chi connectivity index (χ3n) is 2.58. The van der Waals surface area contributed by atoms with Crippen LogP contribution in [0.2, 0.25) is 0 Å². The van der Waals surface area contributed by atoms with E-state index in [1.165, 1.54) is 6.20 Å². The van der Waals surface area contributed by atoms with Crippen LogP contribution in [-0.4, -0.2) is 29.3 Å². The molecule has 0 radical (unpaired) electrons. The highest BCUT2D eigenvalue weighted by Crippen LogP contribution is 2.32. The third kappa shape index (κ3) is 4.22. The molecule has 124 valence electrons. The third-order valence-corrected chi connectivity index (χ3v) is 3.02. The van der Waals surface area contributed by atoms with E-state index in [1.54, 1.807) is 33.8 Å². The van der Waals surface area contributed by atoms with Crippen LogP contribution in [-0.2, 0) is 9.47 Å². The molecule has 0 saturated carbocycles. The summed E-state index contributed by atoms with van der Waals surface area (Å²) in [5.41, 5.74) is 0.125. The molecule has 0 spiro atoms. The van der Waals surface area contributed by atoms with Crippen LogP contribution in [0.15, 0.2) is 21.2 Å². The number of hydrogen-bond donors (Lipinski definition) is 1. The zero-order valence-corrected chi connectivity index (χ0v) is 14.8. The number of esters is 1. The van der Waals surface area contributed by atoms with Crippen molar-refractivity contribution >= 4 is 44.8 Å². The lowest BCUT2D eigenvalue weighted by atomic mass is 10.2. The van der Waals surface area contributed by atoms with Gasteiger partial charge in [-0.3, -0.25) is 5.32 Å². The Morgan fingerprint density at radius 2 is 2.09 bits per heavy atom. The van der Waals surface area contributed by atoms with Crippen molar-refractivity contribution in [1.82, 2.24) is 4.98 Å². The number of pyridine rings is 1. The van der Waals surface area contributed by atoms with E-state index in [0.717, 1.165) is 0 Å². The number of ether oxygens (including phenoxy) is 2. The molecule has 2 aromatic heterocycles. The molecule has 0 unspecified atom stereocenters. The minimum atomic E-state index is -0.713. The molecule has 2 rings (SSSR count). The molecule has 1 amide bonds. The maximum Gasteiger partial charge on any atom is 0.412 e. The summed E-state index contributed by atoms with van der Waals surface area (Å²) < 4.78 is 16.3. The molecule has 0 aliphatic heterocycles. The van der Waals surface area contributed by atoms with E-state index in [2.05, 4.69) is 26.2 Å². The molecular weight excluding hydrogens is 368 g/mol. The van der Waals surface area contributed by atoms with Crippen LogP contribution >= 0.6 is 15.9 Å². The van der Waals surface area contributed by atoms with E-state index < -0.39 is 17.7 Å². The summed E-state index contributed by atoms with van der Waals surface area (Å²) in [4.78, 5) is 28.2. The van der Waals surface area contributed by atoms with E-state index in [-0.39, 0.29) is 18.1 Å². The van der Waals surface area contributed by atoms with E-state index in [4.69, 9.17) is 13.9 Å². The van der Waals surface area contributed by atoms with Crippen LogP contribution in [0.4, 0.5) is 10.5 Å². The van der Waals surface area contributed by atoms with Gasteiger partial charge >= 0.3 is 12.1 Å². The molecule has 7 nitrogen and oxygen atoms in total. The second-order valence-corrected chi connectivity index (χ2v) is 6.57. The first-order valence-electron chi connectivity index (χ1n) is 6.96. The van der Waals surface area contributed by atoms with Gasteiger partial charge in [-0.25, -0.2) is 14.6 Å². The Balaban J connectivity index is 2.44. The summed E-state index contributed by atoms with van der Waals surface area (Å²) in [5, 5.41) is 2.52. The summed E-state index contributed by atoms with van der Waals surface area (Å²) in [5.74, 6) is -0.814. The van der Waals surface area contributed by atoms with Crippen LogP contribution in [0.25, 0.3) is 11.1 Å². The molecule has 0 bridgehead atoms. The number of hydrogen-bond acceptors (Lipinski definition) is 6. The Hall–Kier alpha value is -2.09. The Bertz CT molecular complexity index is 748. The zero-order valence-electron chi connectivity index (χ0n) is 13.2. The fourth-order valence-corrected chi connectivity index (χ4v) is 2.13. The second kappa shape index (κ2) is 6.57. The fraction of sp³-hybridized carbons (Fsp3) is 0.400. The number of carbonyl (C=O) groups is 2. The standard InChI is InChI=1S/C15H17BrN2O5/c1-5-21-13(19)12-11(18-14(20)23-15(2,3)4)10-9(22-12)6-8(16)7-17-10/h6-7H,5H2,1-4H3,(H,18,20). The van der Waals surface area contributed by atoms with Crippen molar-refractivity contribution in [2.24, 2.45) is 0 Å². The first kappa shape index (κ1) is 17.3. The second-order valence-electron chi connectivity index (χ2n) is 5.65. The lowest BCUT2D eigenvalue weighted by molar-refractivity contribution is 0.0494. The number of halogens is 1. The molecule has 8 heteroatoms. The topological polar surface area (TPSA) is 90.7 Å². The van der Waals surface area contributed by atoms with Crippen molar-refractivity contribution in [3.63, 3.8) is 0 Å². The summed E-state index contributed by atoms with van der Waals surface area (Å²) >= 11 is 3.27. The number of rotatable bonds is 3. The van der Waals surface area contributed by atoms with Crippen molar-refractivity contribution in [1.29, 1.82) is 0 Å². The smallest absolute Gasteiger partial charge is 0.412 e. The van der Waals surface area contributed by atoms with Crippen LogP contribution in [0.5, 0.6) is 0 Å². The average Bonchev–Trinajstić information content (AvgIpc) is 2.74. The first-order valence-corrected chi connectivity index (χ1v) is 7.75. The maximum atomic E-state index is 12.0. The summed E-state index contributed by atoms with van der Waals surface area (Å²) in [7, 11) is 0. The Morgan fingerprint density at radius 1 is 1.39 bits per heavy atom. The van der Waals surface area contributed by atoms with Gasteiger partial charge in [0.1, 0.15) is 16.8 Å². The van der Waals surface area contributed by atoms with Gasteiger partial charge in [0.15, 0.2) is 5.58 Å². The van der Waals surface area contributed by atoms with Crippen LogP contribution in [0.3, 0.4) is 0 Å². The molecule has 2 heterocycles. The van der Waals surface area contributed by atoms with E-state index in [9.17, 15) is 9.59 Å². The summed E-state index contributed by atoms with van der Waals surface area (Å²) in [6, 6.07) is 1.64. The molecule has 1 N–H and O–H groups in total. The van der Waals surface area contributed by atoms with Crippen molar-refractivity contribution in [2.45, 2.75) is 33.3 Å². The molecule has 23 heavy (non-hydrogen) atoms. The van der Waals surface area contributed by atoms with Gasteiger partial charge in [0.2, 0.25) is 5.76 Å². The quantitative estimate of drug-likeness (QED) is 0.800. The van der Waals surface area contributed by atoms with E-state index in [1.807, 2.05) is 0 Å². The van der Waals surface area contributed by atoms with Crippen LogP contribution in [0.1, 0.15) is 38.2 Å². The lowest BCUT2D eigenvalue weighted by Crippen LogP contribution is -2.27. The average molecular weight is 385 g/mol. The number of fused-ring (bicyclic) bond motifs is 1. The predicted octanol–water partition coefficient (Wildman–Crippen LogP) is 4.11. The largest absolute Gasteiger partial charge is 0.460 e. The Labute approximate surface area is 141 Å². The summed E-state index contributed by atoms with van der Waals surface area (Å²) in [6.45, 7) is 7.07. The Morgan fingerprint density at radius 3 is 2.70 bits per heavy atom. The molecular formula is C15H17BrN2O5. The van der Waals surface area contributed by atoms with Crippen LogP contribution < -0.4 is 5.32 Å². The van der Waals surface area contributed by atoms with Crippen molar-refractivity contribution in [3.8, 4) is 0 Å². The number of aromatic nitrogens is 1. The minimum Gasteiger partial charge on any atom is -0.460 e. The van der Waals surface area contributed by atoms with E-state index >= 15 is 0 Å². The highest BCUT2D eigenvalue weighted by Gasteiger charge is 2.26. The SMILES string of the molecule is CCOC(=O)c1oc2cc(Br)cnc2c1NC(=O)OC(C)(C)C.